The molecule has 3 aromatic heterocycles. The van der Waals surface area contributed by atoms with Gasteiger partial charge in [-0.2, -0.15) is 0 Å². The van der Waals surface area contributed by atoms with Crippen molar-refractivity contribution in [1.82, 2.24) is 19.9 Å². The zero-order valence-corrected chi connectivity index (χ0v) is 21.9. The van der Waals surface area contributed by atoms with Crippen molar-refractivity contribution in [3.05, 3.63) is 41.9 Å². The quantitative estimate of drug-likeness (QED) is 0.430. The highest BCUT2D eigenvalue weighted by atomic mass is 16.5. The van der Waals surface area contributed by atoms with Gasteiger partial charge in [0.2, 0.25) is 0 Å². The van der Waals surface area contributed by atoms with E-state index in [-0.39, 0.29) is 0 Å². The summed E-state index contributed by atoms with van der Waals surface area (Å²) in [6, 6.07) is 6.63. The Morgan fingerprint density at radius 3 is 2.59 bits per heavy atom. The Hall–Kier alpha value is -3.13. The Balaban J connectivity index is 1.19. The molecule has 5 heterocycles. The summed E-state index contributed by atoms with van der Waals surface area (Å²) in [7, 11) is 1.67. The van der Waals surface area contributed by atoms with Gasteiger partial charge >= 0.3 is 0 Å². The molecule has 0 unspecified atom stereocenters. The van der Waals surface area contributed by atoms with Crippen LogP contribution in [0.5, 0.6) is 11.6 Å². The summed E-state index contributed by atoms with van der Waals surface area (Å²) in [6.45, 7) is 6.23. The van der Waals surface area contributed by atoms with E-state index in [1.165, 1.54) is 42.9 Å². The monoisotopic (exact) mass is 502 g/mol. The predicted octanol–water partition coefficient (Wildman–Crippen LogP) is 4.47. The van der Waals surface area contributed by atoms with E-state index in [1.807, 2.05) is 18.5 Å². The fourth-order valence-electron chi connectivity index (χ4n) is 6.07. The second-order valence-electron chi connectivity index (χ2n) is 10.5. The molecule has 1 N–H and O–H groups in total. The first-order valence-corrected chi connectivity index (χ1v) is 14.0. The summed E-state index contributed by atoms with van der Waals surface area (Å²) in [5, 5.41) is 3.91. The van der Waals surface area contributed by atoms with Crippen LogP contribution in [0.4, 0.5) is 11.4 Å². The van der Waals surface area contributed by atoms with Crippen molar-refractivity contribution in [2.45, 2.75) is 57.4 Å². The van der Waals surface area contributed by atoms with Crippen LogP contribution in [-0.4, -0.2) is 72.3 Å². The number of fused-ring (bicyclic) bond motifs is 2. The number of hydrogen-bond donors (Lipinski definition) is 1. The number of methoxy groups -OCH3 is 1. The van der Waals surface area contributed by atoms with Crippen molar-refractivity contribution in [2.24, 2.45) is 0 Å². The van der Waals surface area contributed by atoms with E-state index in [9.17, 15) is 0 Å². The molecule has 2 fully saturated rings. The van der Waals surface area contributed by atoms with Crippen LogP contribution in [0.25, 0.3) is 11.0 Å². The van der Waals surface area contributed by atoms with E-state index in [0.29, 0.717) is 24.3 Å². The minimum absolute atomic E-state index is 0.405. The van der Waals surface area contributed by atoms with Gasteiger partial charge in [0.05, 0.1) is 24.9 Å². The third kappa shape index (κ3) is 5.30. The molecule has 37 heavy (non-hydrogen) atoms. The summed E-state index contributed by atoms with van der Waals surface area (Å²) >= 11 is 0. The number of likely N-dealkylation sites (tertiary alicyclic amines) is 1. The highest BCUT2D eigenvalue weighted by molar-refractivity contribution is 5.92. The van der Waals surface area contributed by atoms with Crippen LogP contribution in [0.2, 0.25) is 0 Å². The minimum Gasteiger partial charge on any atom is -0.488 e. The van der Waals surface area contributed by atoms with Crippen molar-refractivity contribution < 1.29 is 9.47 Å². The maximum absolute atomic E-state index is 6.17. The molecule has 8 nitrogen and oxygen atoms in total. The molecule has 8 heteroatoms. The van der Waals surface area contributed by atoms with Crippen LogP contribution in [0, 0.1) is 0 Å². The van der Waals surface area contributed by atoms with Gasteiger partial charge in [0, 0.05) is 55.5 Å². The molecule has 2 aliphatic heterocycles. The molecule has 0 bridgehead atoms. The molecular formula is C29H38N6O2. The summed E-state index contributed by atoms with van der Waals surface area (Å²) in [6.07, 6.45) is 12.8. The van der Waals surface area contributed by atoms with Gasteiger partial charge in [-0.05, 0) is 82.2 Å². The Morgan fingerprint density at radius 1 is 1.00 bits per heavy atom. The second-order valence-corrected chi connectivity index (χ2v) is 10.5. The molecule has 0 amide bonds. The summed E-state index contributed by atoms with van der Waals surface area (Å²) < 4.78 is 11.9. The summed E-state index contributed by atoms with van der Waals surface area (Å²) in [4.78, 5) is 19.1. The molecule has 0 saturated carbocycles. The lowest BCUT2D eigenvalue weighted by atomic mass is 10.0. The van der Waals surface area contributed by atoms with Crippen LogP contribution < -0.4 is 19.7 Å². The average molecular weight is 503 g/mol. The van der Waals surface area contributed by atoms with Crippen LogP contribution in [0.3, 0.4) is 0 Å². The molecular weight excluding hydrogens is 464 g/mol. The predicted molar refractivity (Wildman–Crippen MR) is 147 cm³/mol. The maximum atomic E-state index is 6.17. The highest BCUT2D eigenvalue weighted by Gasteiger charge is 2.26. The van der Waals surface area contributed by atoms with E-state index in [1.54, 1.807) is 7.11 Å². The topological polar surface area (TPSA) is 75.6 Å². The van der Waals surface area contributed by atoms with E-state index < -0.39 is 0 Å². The molecule has 0 radical (unpaired) electrons. The number of anilines is 2. The van der Waals surface area contributed by atoms with Gasteiger partial charge in [0.15, 0.2) is 5.75 Å². The van der Waals surface area contributed by atoms with E-state index in [0.717, 1.165) is 74.9 Å². The Kier molecular flexibility index (Phi) is 7.26. The van der Waals surface area contributed by atoms with Gasteiger partial charge in [0.25, 0.3) is 5.88 Å². The largest absolute Gasteiger partial charge is 0.488 e. The lowest BCUT2D eigenvalue weighted by Gasteiger charge is -2.34. The summed E-state index contributed by atoms with van der Waals surface area (Å²) in [5.41, 5.74) is 6.74. The fraction of sp³-hybridized carbons (Fsp3) is 0.552. The van der Waals surface area contributed by atoms with E-state index in [2.05, 4.69) is 32.2 Å². The highest BCUT2D eigenvalue weighted by Crippen LogP contribution is 2.38. The SMILES string of the molecule is COc1nc2c(NC3CCN(c4ccncc4)CC3)c3c(nc2cc1OCCCN1CCCC1)CCC3. The Bertz CT molecular complexity index is 1210. The first-order valence-electron chi connectivity index (χ1n) is 14.0. The standard InChI is InChI=1S/C29H38N6O2/c1-36-29-26(37-19-5-16-34-14-2-3-15-34)20-25-28(33-29)27(23-6-4-7-24(23)32-25)31-21-10-17-35(18-11-21)22-8-12-30-13-9-22/h8-9,12-13,20-21H,2-7,10-11,14-19H2,1H3,(H,31,32). The smallest absolute Gasteiger partial charge is 0.257 e. The number of piperidine rings is 1. The first-order chi connectivity index (χ1) is 18.3. The molecule has 0 aromatic carbocycles. The molecule has 3 aliphatic rings. The first kappa shape index (κ1) is 24.2. The number of nitrogens with zero attached hydrogens (tertiary/aromatic N) is 5. The summed E-state index contributed by atoms with van der Waals surface area (Å²) in [5.74, 6) is 1.24. The molecule has 3 aromatic rings. The molecule has 0 atom stereocenters. The second kappa shape index (κ2) is 11.1. The van der Waals surface area contributed by atoms with Crippen LogP contribution in [0.1, 0.15) is 49.8 Å². The Morgan fingerprint density at radius 2 is 1.81 bits per heavy atom. The average Bonchev–Trinajstić information content (AvgIpc) is 3.64. The Labute approximate surface area is 219 Å². The van der Waals surface area contributed by atoms with Crippen molar-refractivity contribution in [1.29, 1.82) is 0 Å². The number of hydrogen-bond acceptors (Lipinski definition) is 8. The van der Waals surface area contributed by atoms with Crippen molar-refractivity contribution in [3.63, 3.8) is 0 Å². The maximum Gasteiger partial charge on any atom is 0.257 e. The van der Waals surface area contributed by atoms with Crippen molar-refractivity contribution in [2.75, 3.05) is 56.7 Å². The third-order valence-electron chi connectivity index (χ3n) is 8.06. The van der Waals surface area contributed by atoms with E-state index in [4.69, 9.17) is 19.4 Å². The lowest BCUT2D eigenvalue weighted by Crippen LogP contribution is -2.39. The number of rotatable bonds is 9. The van der Waals surface area contributed by atoms with Gasteiger partial charge in [-0.3, -0.25) is 9.97 Å². The van der Waals surface area contributed by atoms with E-state index >= 15 is 0 Å². The number of ether oxygens (including phenoxy) is 2. The van der Waals surface area contributed by atoms with Gasteiger partial charge in [0.1, 0.15) is 5.52 Å². The van der Waals surface area contributed by atoms with Crippen LogP contribution in [-0.2, 0) is 12.8 Å². The lowest BCUT2D eigenvalue weighted by molar-refractivity contribution is 0.252. The number of aromatic nitrogens is 3. The van der Waals surface area contributed by atoms with Gasteiger partial charge < -0.3 is 24.6 Å². The third-order valence-corrected chi connectivity index (χ3v) is 8.06. The van der Waals surface area contributed by atoms with Gasteiger partial charge in [-0.25, -0.2) is 4.98 Å². The number of nitrogens with one attached hydrogen (secondary N) is 1. The minimum atomic E-state index is 0.405. The zero-order chi connectivity index (χ0) is 25.0. The van der Waals surface area contributed by atoms with Crippen LogP contribution >= 0.6 is 0 Å². The molecule has 6 rings (SSSR count). The fourth-order valence-corrected chi connectivity index (χ4v) is 6.07. The van der Waals surface area contributed by atoms with Crippen molar-refractivity contribution >= 4 is 22.4 Å². The molecule has 196 valence electrons. The van der Waals surface area contributed by atoms with Crippen LogP contribution in [0.15, 0.2) is 30.6 Å². The molecule has 2 saturated heterocycles. The zero-order valence-electron chi connectivity index (χ0n) is 21.9. The van der Waals surface area contributed by atoms with Gasteiger partial charge in [-0.1, -0.05) is 0 Å². The number of pyridine rings is 3. The molecule has 1 aliphatic carbocycles. The molecule has 0 spiro atoms. The van der Waals surface area contributed by atoms with Gasteiger partial charge in [-0.15, -0.1) is 0 Å². The normalized spacial score (nSPS) is 18.4. The van der Waals surface area contributed by atoms with Crippen molar-refractivity contribution in [3.8, 4) is 11.6 Å². The number of aryl methyl sites for hydroxylation is 1.